The van der Waals surface area contributed by atoms with Crippen LogP contribution in [-0.2, 0) is 4.79 Å². The van der Waals surface area contributed by atoms with Gasteiger partial charge in [0.15, 0.2) is 0 Å². The Labute approximate surface area is 174 Å². The highest BCUT2D eigenvalue weighted by molar-refractivity contribution is 6.07. The Kier molecular flexibility index (Phi) is 5.93. The lowest BCUT2D eigenvalue weighted by Gasteiger charge is -2.42. The number of carbonyl (C=O) groups is 2. The number of piperidine rings is 1. The van der Waals surface area contributed by atoms with Crippen molar-refractivity contribution in [3.05, 3.63) is 35.9 Å². The van der Waals surface area contributed by atoms with E-state index < -0.39 is 5.54 Å². The number of nitrogens with zero attached hydrogens (tertiary/aromatic N) is 3. The lowest BCUT2D eigenvalue weighted by molar-refractivity contribution is -0.135. The Bertz CT molecular complexity index is 730. The highest BCUT2D eigenvalue weighted by Crippen LogP contribution is 2.38. The first-order valence-corrected chi connectivity index (χ1v) is 11.2. The Morgan fingerprint density at radius 2 is 1.79 bits per heavy atom. The van der Waals surface area contributed by atoms with Crippen LogP contribution in [0.3, 0.4) is 0 Å². The summed E-state index contributed by atoms with van der Waals surface area (Å²) in [6.07, 6.45) is 2.32. The molecule has 0 radical (unpaired) electrons. The first kappa shape index (κ1) is 20.4. The van der Waals surface area contributed by atoms with E-state index in [1.807, 2.05) is 18.7 Å². The molecule has 1 N–H and O–H groups in total. The van der Waals surface area contributed by atoms with E-state index in [9.17, 15) is 9.59 Å². The third-order valence-corrected chi connectivity index (χ3v) is 7.13. The van der Waals surface area contributed by atoms with E-state index in [-0.39, 0.29) is 11.9 Å². The number of likely N-dealkylation sites (tertiary alicyclic amines) is 1. The zero-order valence-corrected chi connectivity index (χ0v) is 17.8. The second kappa shape index (κ2) is 8.44. The van der Waals surface area contributed by atoms with Gasteiger partial charge in [0.2, 0.25) is 0 Å². The summed E-state index contributed by atoms with van der Waals surface area (Å²) in [5, 5.41) is 3.57. The molecule has 4 rings (SSSR count). The van der Waals surface area contributed by atoms with Gasteiger partial charge >= 0.3 is 6.03 Å². The van der Waals surface area contributed by atoms with Gasteiger partial charge in [-0.2, -0.15) is 0 Å². The van der Waals surface area contributed by atoms with Crippen LogP contribution in [0.1, 0.15) is 44.6 Å². The number of rotatable bonds is 6. The van der Waals surface area contributed by atoms with Crippen molar-refractivity contribution < 1.29 is 9.59 Å². The average Bonchev–Trinajstić information content (AvgIpc) is 3.28. The standard InChI is InChI=1S/C23H34N4O2/c1-3-12-26-21(28)23(27(4-2)22(26)29)10-13-25(14-11-23)17-19-15-24-16-20(19)18-8-6-5-7-9-18/h5-9,19-20,24H,3-4,10-17H2,1-2H3/t19-,20+/m0/s1. The van der Waals surface area contributed by atoms with Crippen molar-refractivity contribution in [2.24, 2.45) is 5.92 Å². The van der Waals surface area contributed by atoms with Crippen molar-refractivity contribution >= 4 is 11.9 Å². The molecule has 2 atom stereocenters. The van der Waals surface area contributed by atoms with Crippen molar-refractivity contribution in [2.75, 3.05) is 45.8 Å². The first-order chi connectivity index (χ1) is 14.1. The molecule has 0 bridgehead atoms. The number of carbonyl (C=O) groups excluding carboxylic acids is 2. The average molecular weight is 399 g/mol. The zero-order chi connectivity index (χ0) is 20.4. The van der Waals surface area contributed by atoms with Gasteiger partial charge in [0.05, 0.1) is 0 Å². The van der Waals surface area contributed by atoms with Crippen LogP contribution >= 0.6 is 0 Å². The fourth-order valence-corrected chi connectivity index (χ4v) is 5.58. The van der Waals surface area contributed by atoms with Gasteiger partial charge in [-0.25, -0.2) is 4.79 Å². The molecule has 29 heavy (non-hydrogen) atoms. The highest BCUT2D eigenvalue weighted by Gasteiger charge is 2.57. The summed E-state index contributed by atoms with van der Waals surface area (Å²) < 4.78 is 0. The van der Waals surface area contributed by atoms with Crippen LogP contribution in [0, 0.1) is 5.92 Å². The largest absolute Gasteiger partial charge is 0.327 e. The van der Waals surface area contributed by atoms with Crippen molar-refractivity contribution in [1.82, 2.24) is 20.0 Å². The van der Waals surface area contributed by atoms with Gasteiger partial charge in [0, 0.05) is 45.2 Å². The van der Waals surface area contributed by atoms with E-state index in [0.717, 1.165) is 52.0 Å². The molecule has 3 aliphatic rings. The second-order valence-corrected chi connectivity index (χ2v) is 8.75. The lowest BCUT2D eigenvalue weighted by Crippen LogP contribution is -2.57. The number of hydrogen-bond acceptors (Lipinski definition) is 4. The summed E-state index contributed by atoms with van der Waals surface area (Å²) in [6, 6.07) is 10.7. The van der Waals surface area contributed by atoms with E-state index in [2.05, 4.69) is 40.5 Å². The van der Waals surface area contributed by atoms with Gasteiger partial charge in [-0.1, -0.05) is 37.3 Å². The smallest absolute Gasteiger partial charge is 0.316 e. The maximum atomic E-state index is 13.2. The third-order valence-electron chi connectivity index (χ3n) is 7.13. The minimum absolute atomic E-state index is 0.0375. The monoisotopic (exact) mass is 398 g/mol. The maximum Gasteiger partial charge on any atom is 0.327 e. The molecule has 0 unspecified atom stereocenters. The van der Waals surface area contributed by atoms with Crippen molar-refractivity contribution in [3.63, 3.8) is 0 Å². The molecule has 158 valence electrons. The molecule has 1 aromatic rings. The van der Waals surface area contributed by atoms with Crippen LogP contribution in [0.25, 0.3) is 0 Å². The van der Waals surface area contributed by atoms with Crippen LogP contribution in [0.2, 0.25) is 0 Å². The fraction of sp³-hybridized carbons (Fsp3) is 0.652. The van der Waals surface area contributed by atoms with Crippen LogP contribution < -0.4 is 5.32 Å². The molecular formula is C23H34N4O2. The fourth-order valence-electron chi connectivity index (χ4n) is 5.58. The second-order valence-electron chi connectivity index (χ2n) is 8.75. The molecule has 0 aromatic heterocycles. The van der Waals surface area contributed by atoms with E-state index in [1.54, 1.807) is 0 Å². The Morgan fingerprint density at radius 3 is 2.45 bits per heavy atom. The summed E-state index contributed by atoms with van der Waals surface area (Å²) in [6.45, 7) is 10.0. The molecule has 6 heteroatoms. The first-order valence-electron chi connectivity index (χ1n) is 11.2. The summed E-state index contributed by atoms with van der Waals surface area (Å²) >= 11 is 0. The number of hydrogen-bond donors (Lipinski definition) is 1. The van der Waals surface area contributed by atoms with Crippen molar-refractivity contribution in [1.29, 1.82) is 0 Å². The normalized spacial score (nSPS) is 27.4. The van der Waals surface area contributed by atoms with E-state index in [1.165, 1.54) is 10.5 Å². The summed E-state index contributed by atoms with van der Waals surface area (Å²) in [5.41, 5.74) is 0.810. The van der Waals surface area contributed by atoms with Crippen LogP contribution in [-0.4, -0.2) is 78.0 Å². The molecule has 3 amide bonds. The molecule has 3 saturated heterocycles. The predicted octanol–water partition coefficient (Wildman–Crippen LogP) is 2.52. The van der Waals surface area contributed by atoms with Crippen LogP contribution in [0.4, 0.5) is 4.79 Å². The van der Waals surface area contributed by atoms with E-state index in [4.69, 9.17) is 0 Å². The molecule has 0 aliphatic carbocycles. The van der Waals surface area contributed by atoms with E-state index in [0.29, 0.717) is 24.9 Å². The number of imide groups is 1. The molecule has 3 aliphatic heterocycles. The van der Waals surface area contributed by atoms with Crippen LogP contribution in [0.15, 0.2) is 30.3 Å². The number of benzene rings is 1. The summed E-state index contributed by atoms with van der Waals surface area (Å²) in [7, 11) is 0. The van der Waals surface area contributed by atoms with Gasteiger partial charge in [-0.15, -0.1) is 0 Å². The molecule has 3 heterocycles. The van der Waals surface area contributed by atoms with Gasteiger partial charge in [-0.05, 0) is 44.2 Å². The minimum atomic E-state index is -0.607. The van der Waals surface area contributed by atoms with Crippen LogP contribution in [0.5, 0.6) is 0 Å². The van der Waals surface area contributed by atoms with Crippen molar-refractivity contribution in [2.45, 2.75) is 44.6 Å². The van der Waals surface area contributed by atoms with Gasteiger partial charge in [0.1, 0.15) is 5.54 Å². The molecule has 1 aromatic carbocycles. The Morgan fingerprint density at radius 1 is 1.07 bits per heavy atom. The quantitative estimate of drug-likeness (QED) is 0.748. The Balaban J connectivity index is 1.41. The van der Waals surface area contributed by atoms with Crippen molar-refractivity contribution in [3.8, 4) is 0 Å². The minimum Gasteiger partial charge on any atom is -0.316 e. The molecular weight excluding hydrogens is 364 g/mol. The summed E-state index contributed by atoms with van der Waals surface area (Å²) in [5.74, 6) is 1.18. The molecule has 3 fully saturated rings. The number of amides is 3. The SMILES string of the molecule is CCCN1C(=O)N(CC)C2(CCN(C[C@@H]3CNC[C@@H]3c3ccccc3)CC2)C1=O. The maximum absolute atomic E-state index is 13.2. The van der Waals surface area contributed by atoms with Gasteiger partial charge in [-0.3, -0.25) is 9.69 Å². The predicted molar refractivity (Wildman–Crippen MR) is 114 cm³/mol. The van der Waals surface area contributed by atoms with E-state index >= 15 is 0 Å². The summed E-state index contributed by atoms with van der Waals surface area (Å²) in [4.78, 5) is 31.8. The van der Waals surface area contributed by atoms with Gasteiger partial charge < -0.3 is 15.1 Å². The lowest BCUT2D eigenvalue weighted by atomic mass is 9.84. The third kappa shape index (κ3) is 3.57. The zero-order valence-electron chi connectivity index (χ0n) is 17.8. The highest BCUT2D eigenvalue weighted by atomic mass is 16.2. The Hall–Kier alpha value is -1.92. The molecule has 1 spiro atoms. The van der Waals surface area contributed by atoms with Gasteiger partial charge in [0.25, 0.3) is 5.91 Å². The number of nitrogens with one attached hydrogen (secondary N) is 1. The number of likely N-dealkylation sites (N-methyl/N-ethyl adjacent to an activating group) is 1. The molecule has 6 nitrogen and oxygen atoms in total. The molecule has 0 saturated carbocycles. The number of urea groups is 1. The topological polar surface area (TPSA) is 55.9 Å².